The number of anilines is 1. The number of hydrogen-bond donors (Lipinski definition) is 2. The lowest BCUT2D eigenvalue weighted by molar-refractivity contribution is 0.572. The van der Waals surface area contributed by atoms with Gasteiger partial charge in [0.25, 0.3) is 0 Å². The number of allylic oxidation sites excluding steroid dienone is 2. The van der Waals surface area contributed by atoms with Gasteiger partial charge in [-0.2, -0.15) is 4.99 Å². The van der Waals surface area contributed by atoms with Crippen LogP contribution in [-0.4, -0.2) is 10.7 Å². The van der Waals surface area contributed by atoms with Gasteiger partial charge in [0.2, 0.25) is 0 Å². The third-order valence-corrected chi connectivity index (χ3v) is 2.98. The molecule has 1 aliphatic carbocycles. The zero-order chi connectivity index (χ0) is 13.2. The Morgan fingerprint density at radius 2 is 2.00 bits per heavy atom. The molecule has 1 unspecified atom stereocenters. The summed E-state index contributed by atoms with van der Waals surface area (Å²) in [7, 11) is 0. The first kappa shape index (κ1) is 12.7. The lowest BCUT2D eigenvalue weighted by Gasteiger charge is -2.25. The molecule has 3 nitrogen and oxygen atoms in total. The molecule has 2 rings (SSSR count). The average molecular weight is 257 g/mol. The Labute approximate surface area is 112 Å². The van der Waals surface area contributed by atoms with E-state index in [1.807, 2.05) is 43.3 Å². The molecular weight excluding hydrogens is 242 g/mol. The van der Waals surface area contributed by atoms with Gasteiger partial charge < -0.3 is 11.5 Å². The first-order valence-electron chi connectivity index (χ1n) is 5.67. The summed E-state index contributed by atoms with van der Waals surface area (Å²) in [5, 5.41) is 2.42. The molecule has 1 aliphatic rings. The van der Waals surface area contributed by atoms with Crippen LogP contribution in [0.3, 0.4) is 0 Å². The minimum absolute atomic E-state index is 0.387. The van der Waals surface area contributed by atoms with E-state index in [9.17, 15) is 0 Å². The monoisotopic (exact) mass is 257 g/mol. The largest absolute Gasteiger partial charge is 0.399 e. The lowest BCUT2D eigenvalue weighted by atomic mass is 9.86. The van der Waals surface area contributed by atoms with Crippen molar-refractivity contribution in [2.24, 2.45) is 10.7 Å². The first-order chi connectivity index (χ1) is 8.52. The van der Waals surface area contributed by atoms with Crippen molar-refractivity contribution in [2.45, 2.75) is 18.9 Å². The van der Waals surface area contributed by atoms with Gasteiger partial charge in [-0.15, -0.1) is 0 Å². The number of rotatable bonds is 2. The molecule has 0 radical (unpaired) electrons. The summed E-state index contributed by atoms with van der Waals surface area (Å²) in [5.41, 5.74) is 15.1. The molecule has 1 aromatic carbocycles. The third kappa shape index (κ3) is 2.74. The molecule has 0 bridgehead atoms. The predicted octanol–water partition coefficient (Wildman–Crippen LogP) is 2.76. The molecule has 4 N–H and O–H groups in total. The van der Waals surface area contributed by atoms with Gasteiger partial charge in [-0.1, -0.05) is 24.3 Å². The standard InChI is InChI=1S/C14H15N3S/c1-14(16)7-6-12(13(8-14)17-9-18)10-2-4-11(15)5-3-10/h2-7H,8,15-16H2,1H3. The van der Waals surface area contributed by atoms with E-state index >= 15 is 0 Å². The molecule has 0 heterocycles. The number of isothiocyanates is 1. The van der Waals surface area contributed by atoms with Gasteiger partial charge in [-0.25, -0.2) is 0 Å². The van der Waals surface area contributed by atoms with Crippen molar-refractivity contribution in [2.75, 3.05) is 5.73 Å². The van der Waals surface area contributed by atoms with Gasteiger partial charge in [0.05, 0.1) is 10.9 Å². The minimum Gasteiger partial charge on any atom is -0.399 e. The summed E-state index contributed by atoms with van der Waals surface area (Å²) in [6, 6.07) is 7.66. The van der Waals surface area contributed by atoms with Crippen molar-refractivity contribution in [1.82, 2.24) is 0 Å². The van der Waals surface area contributed by atoms with Gasteiger partial charge in [-0.05, 0) is 36.8 Å². The van der Waals surface area contributed by atoms with Crippen LogP contribution in [0, 0.1) is 0 Å². The van der Waals surface area contributed by atoms with E-state index in [0.717, 1.165) is 22.5 Å². The van der Waals surface area contributed by atoms with Crippen LogP contribution in [0.2, 0.25) is 0 Å². The average Bonchev–Trinajstić information content (AvgIpc) is 2.30. The molecule has 1 aromatic rings. The second kappa shape index (κ2) is 4.86. The Balaban J connectivity index is 2.49. The highest BCUT2D eigenvalue weighted by Crippen LogP contribution is 2.32. The van der Waals surface area contributed by atoms with Gasteiger partial charge in [-0.3, -0.25) is 0 Å². The Bertz CT molecular complexity index is 561. The Hall–Kier alpha value is -1.74. The number of nitrogens with two attached hydrogens (primary N) is 2. The van der Waals surface area contributed by atoms with E-state index < -0.39 is 0 Å². The van der Waals surface area contributed by atoms with Crippen LogP contribution in [-0.2, 0) is 0 Å². The van der Waals surface area contributed by atoms with Crippen molar-refractivity contribution in [1.29, 1.82) is 0 Å². The molecule has 4 heteroatoms. The first-order valence-corrected chi connectivity index (χ1v) is 6.08. The molecule has 92 valence electrons. The Morgan fingerprint density at radius 3 is 2.61 bits per heavy atom. The molecule has 0 aromatic heterocycles. The highest BCUT2D eigenvalue weighted by Gasteiger charge is 2.23. The van der Waals surface area contributed by atoms with E-state index in [1.54, 1.807) is 0 Å². The number of thiocarbonyl (C=S) groups is 1. The summed E-state index contributed by atoms with van der Waals surface area (Å²) in [5.74, 6) is 0. The summed E-state index contributed by atoms with van der Waals surface area (Å²) in [6.07, 6.45) is 4.62. The van der Waals surface area contributed by atoms with E-state index in [-0.39, 0.29) is 5.54 Å². The molecule has 0 fully saturated rings. The maximum Gasteiger partial charge on any atom is 0.0637 e. The van der Waals surface area contributed by atoms with Crippen LogP contribution >= 0.6 is 12.2 Å². The number of aliphatic imine (C=N–C) groups is 1. The Kier molecular flexibility index (Phi) is 3.43. The van der Waals surface area contributed by atoms with Gasteiger partial charge in [0.1, 0.15) is 0 Å². The van der Waals surface area contributed by atoms with Gasteiger partial charge in [0.15, 0.2) is 0 Å². The molecular formula is C14H15N3S. The quantitative estimate of drug-likeness (QED) is 0.486. The van der Waals surface area contributed by atoms with Gasteiger partial charge >= 0.3 is 0 Å². The van der Waals surface area contributed by atoms with Crippen LogP contribution in [0.1, 0.15) is 18.9 Å². The van der Waals surface area contributed by atoms with Crippen LogP contribution in [0.4, 0.5) is 5.69 Å². The van der Waals surface area contributed by atoms with E-state index in [1.165, 1.54) is 0 Å². The van der Waals surface area contributed by atoms with Crippen LogP contribution in [0.15, 0.2) is 47.1 Å². The van der Waals surface area contributed by atoms with E-state index in [2.05, 4.69) is 10.2 Å². The zero-order valence-corrected chi connectivity index (χ0v) is 11.0. The maximum absolute atomic E-state index is 6.10. The summed E-state index contributed by atoms with van der Waals surface area (Å²) < 4.78 is 0. The van der Waals surface area contributed by atoms with Crippen molar-refractivity contribution in [3.05, 3.63) is 47.7 Å². The molecule has 18 heavy (non-hydrogen) atoms. The lowest BCUT2D eigenvalue weighted by Crippen LogP contribution is -2.35. The fourth-order valence-corrected chi connectivity index (χ4v) is 2.08. The van der Waals surface area contributed by atoms with E-state index in [4.69, 9.17) is 23.7 Å². The topological polar surface area (TPSA) is 64.4 Å². The molecule has 0 spiro atoms. The predicted molar refractivity (Wildman–Crippen MR) is 79.1 cm³/mol. The van der Waals surface area contributed by atoms with Crippen LogP contribution in [0.25, 0.3) is 5.57 Å². The number of nitrogen functional groups attached to an aromatic ring is 1. The molecule has 1 atom stereocenters. The zero-order valence-electron chi connectivity index (χ0n) is 10.2. The van der Waals surface area contributed by atoms with Crippen molar-refractivity contribution < 1.29 is 0 Å². The maximum atomic E-state index is 6.10. The molecule has 0 saturated carbocycles. The smallest absolute Gasteiger partial charge is 0.0637 e. The summed E-state index contributed by atoms with van der Waals surface area (Å²) in [4.78, 5) is 4.14. The van der Waals surface area contributed by atoms with Crippen molar-refractivity contribution >= 4 is 28.6 Å². The normalized spacial score (nSPS) is 22.8. The number of benzene rings is 1. The molecule has 0 aliphatic heterocycles. The highest BCUT2D eigenvalue weighted by molar-refractivity contribution is 7.78. The van der Waals surface area contributed by atoms with Crippen molar-refractivity contribution in [3.63, 3.8) is 0 Å². The highest BCUT2D eigenvalue weighted by atomic mass is 32.1. The number of nitrogens with zero attached hydrogens (tertiary/aromatic N) is 1. The van der Waals surface area contributed by atoms with Crippen LogP contribution in [0.5, 0.6) is 0 Å². The van der Waals surface area contributed by atoms with E-state index in [0.29, 0.717) is 6.42 Å². The fourth-order valence-electron chi connectivity index (χ4n) is 1.97. The van der Waals surface area contributed by atoms with Gasteiger partial charge in [0, 0.05) is 23.2 Å². The van der Waals surface area contributed by atoms with Crippen LogP contribution < -0.4 is 11.5 Å². The second-order valence-corrected chi connectivity index (χ2v) is 4.88. The number of hydrogen-bond acceptors (Lipinski definition) is 4. The minimum atomic E-state index is -0.387. The summed E-state index contributed by atoms with van der Waals surface area (Å²) in [6.45, 7) is 1.96. The fraction of sp³-hybridized carbons (Fsp3) is 0.214. The van der Waals surface area contributed by atoms with Crippen molar-refractivity contribution in [3.8, 4) is 0 Å². The Morgan fingerprint density at radius 1 is 1.33 bits per heavy atom. The second-order valence-electron chi connectivity index (χ2n) is 4.70. The summed E-state index contributed by atoms with van der Waals surface area (Å²) >= 11 is 4.70. The third-order valence-electron chi connectivity index (χ3n) is 2.89. The SMILES string of the molecule is CC1(N)C=CC(c2ccc(N)cc2)=C(N=C=S)C1. The molecule has 0 saturated heterocycles. The molecule has 0 amide bonds.